The van der Waals surface area contributed by atoms with Gasteiger partial charge in [0.15, 0.2) is 0 Å². The van der Waals surface area contributed by atoms with Crippen molar-refractivity contribution >= 4 is 27.8 Å². The molecule has 1 heterocycles. The number of carbonyl (C=O) groups is 1. The molecule has 0 atom stereocenters. The van der Waals surface area contributed by atoms with Gasteiger partial charge in [0.1, 0.15) is 0 Å². The van der Waals surface area contributed by atoms with E-state index in [1.54, 1.807) is 6.07 Å². The van der Waals surface area contributed by atoms with Gasteiger partial charge in [0.25, 0.3) is 4.73 Å². The Morgan fingerprint density at radius 3 is 2.78 bits per heavy atom. The van der Waals surface area contributed by atoms with Crippen LogP contribution in [0.4, 0.5) is 5.95 Å². The van der Waals surface area contributed by atoms with Crippen LogP contribution in [0.1, 0.15) is 10.4 Å². The number of rotatable bonds is 3. The number of carboxylic acid groups (broad SMARTS) is 1. The van der Waals surface area contributed by atoms with Crippen LogP contribution in [-0.4, -0.2) is 30.8 Å². The van der Waals surface area contributed by atoms with Crippen molar-refractivity contribution in [3.8, 4) is 5.69 Å². The van der Waals surface area contributed by atoms with Crippen LogP contribution in [0.3, 0.4) is 0 Å². The molecule has 8 nitrogen and oxygen atoms in total. The molecule has 0 amide bonds. The average Bonchev–Trinajstić information content (AvgIpc) is 2.72. The molecule has 1 aromatic heterocycles. The van der Waals surface area contributed by atoms with Gasteiger partial charge in [-0.25, -0.2) is 4.79 Å². The lowest BCUT2D eigenvalue weighted by atomic mass is 10.2. The van der Waals surface area contributed by atoms with Gasteiger partial charge in [0.2, 0.25) is 0 Å². The fourth-order valence-corrected chi connectivity index (χ4v) is 1.74. The van der Waals surface area contributed by atoms with E-state index in [1.165, 1.54) is 18.2 Å². The predicted octanol–water partition coefficient (Wildman–Crippen LogP) is 1.64. The maximum absolute atomic E-state index is 10.8. The lowest BCUT2D eigenvalue weighted by Gasteiger charge is -1.99. The summed E-state index contributed by atoms with van der Waals surface area (Å²) in [7, 11) is 0. The van der Waals surface area contributed by atoms with Crippen molar-refractivity contribution in [1.82, 2.24) is 14.8 Å². The number of aromatic carboxylic acids is 1. The molecular formula is C9H5BrN4O4. The molecular weight excluding hydrogens is 308 g/mol. The minimum atomic E-state index is -1.09. The minimum Gasteiger partial charge on any atom is -0.478 e. The Labute approximate surface area is 108 Å². The largest absolute Gasteiger partial charge is 0.492 e. The molecule has 9 heteroatoms. The Bertz CT molecular complexity index is 639. The molecule has 0 radical (unpaired) electrons. The maximum Gasteiger partial charge on any atom is 0.492 e. The van der Waals surface area contributed by atoms with E-state index in [2.05, 4.69) is 26.0 Å². The molecule has 0 saturated carbocycles. The zero-order chi connectivity index (χ0) is 13.3. The Morgan fingerprint density at radius 2 is 2.22 bits per heavy atom. The molecule has 0 spiro atoms. The number of carboxylic acids is 1. The van der Waals surface area contributed by atoms with Gasteiger partial charge in [-0.15, -0.1) is 4.68 Å². The number of hydrogen-bond donors (Lipinski definition) is 1. The van der Waals surface area contributed by atoms with Gasteiger partial charge in [-0.1, -0.05) is 6.07 Å². The maximum atomic E-state index is 10.8. The SMILES string of the molecule is O=C(O)c1cccc(-n2nc([N+](=O)[O-])nc2Br)c1. The first kappa shape index (κ1) is 12.2. The lowest BCUT2D eigenvalue weighted by Crippen LogP contribution is -2.01. The van der Waals surface area contributed by atoms with E-state index in [0.717, 1.165) is 4.68 Å². The van der Waals surface area contributed by atoms with Crippen molar-refractivity contribution in [2.45, 2.75) is 0 Å². The number of nitro groups is 1. The van der Waals surface area contributed by atoms with Crippen LogP contribution in [0.15, 0.2) is 29.0 Å². The summed E-state index contributed by atoms with van der Waals surface area (Å²) >= 11 is 3.02. The topological polar surface area (TPSA) is 111 Å². The van der Waals surface area contributed by atoms with E-state index in [9.17, 15) is 14.9 Å². The van der Waals surface area contributed by atoms with Gasteiger partial charge >= 0.3 is 11.9 Å². The van der Waals surface area contributed by atoms with E-state index in [4.69, 9.17) is 5.11 Å². The summed E-state index contributed by atoms with van der Waals surface area (Å²) in [6, 6.07) is 5.82. The number of nitrogens with zero attached hydrogens (tertiary/aromatic N) is 4. The van der Waals surface area contributed by atoms with Gasteiger partial charge in [-0.3, -0.25) is 0 Å². The van der Waals surface area contributed by atoms with Crippen molar-refractivity contribution in [3.63, 3.8) is 0 Å². The Hall–Kier alpha value is -2.29. The normalized spacial score (nSPS) is 10.3. The molecule has 0 saturated heterocycles. The van der Waals surface area contributed by atoms with E-state index < -0.39 is 16.8 Å². The molecule has 2 rings (SSSR count). The summed E-state index contributed by atoms with van der Waals surface area (Å²) in [6.07, 6.45) is 0. The Morgan fingerprint density at radius 1 is 1.50 bits per heavy atom. The van der Waals surface area contributed by atoms with Crippen LogP contribution < -0.4 is 0 Å². The molecule has 0 aliphatic heterocycles. The van der Waals surface area contributed by atoms with Crippen LogP contribution in [0, 0.1) is 10.1 Å². The van der Waals surface area contributed by atoms with Crippen molar-refractivity contribution in [1.29, 1.82) is 0 Å². The Kier molecular flexibility index (Phi) is 3.06. The van der Waals surface area contributed by atoms with Crippen molar-refractivity contribution < 1.29 is 14.8 Å². The van der Waals surface area contributed by atoms with Gasteiger partial charge in [-0.2, -0.15) is 0 Å². The summed E-state index contributed by atoms with van der Waals surface area (Å²) in [5.74, 6) is -1.66. The number of benzene rings is 1. The first-order valence-corrected chi connectivity index (χ1v) is 5.39. The van der Waals surface area contributed by atoms with Crippen molar-refractivity contribution in [2.24, 2.45) is 0 Å². The second kappa shape index (κ2) is 4.53. The fraction of sp³-hybridized carbons (Fsp3) is 0. The predicted molar refractivity (Wildman–Crippen MR) is 62.7 cm³/mol. The fourth-order valence-electron chi connectivity index (χ4n) is 1.30. The highest BCUT2D eigenvalue weighted by atomic mass is 79.9. The summed E-state index contributed by atoms with van der Waals surface area (Å²) in [4.78, 5) is 24.2. The minimum absolute atomic E-state index is 0.0533. The van der Waals surface area contributed by atoms with Crippen molar-refractivity contribution in [3.05, 3.63) is 44.7 Å². The molecule has 0 aliphatic carbocycles. The first-order chi connectivity index (χ1) is 8.49. The van der Waals surface area contributed by atoms with Gasteiger partial charge in [0, 0.05) is 21.0 Å². The third kappa shape index (κ3) is 2.20. The molecule has 92 valence electrons. The average molecular weight is 313 g/mol. The molecule has 1 aromatic carbocycles. The van der Waals surface area contributed by atoms with Crippen molar-refractivity contribution in [2.75, 3.05) is 0 Å². The number of halogens is 1. The van der Waals surface area contributed by atoms with Crippen LogP contribution in [0.25, 0.3) is 5.69 Å². The monoisotopic (exact) mass is 312 g/mol. The lowest BCUT2D eigenvalue weighted by molar-refractivity contribution is -0.394. The van der Waals surface area contributed by atoms with Gasteiger partial charge < -0.3 is 15.2 Å². The van der Waals surface area contributed by atoms with Gasteiger partial charge in [-0.05, 0) is 28.1 Å². The van der Waals surface area contributed by atoms with Gasteiger partial charge in [0.05, 0.1) is 11.3 Å². The summed E-state index contributed by atoms with van der Waals surface area (Å²) in [5, 5.41) is 23.0. The quantitative estimate of drug-likeness (QED) is 0.681. The molecule has 0 unspecified atom stereocenters. The second-order valence-corrected chi connectivity index (χ2v) is 3.91. The molecule has 1 N–H and O–H groups in total. The molecule has 0 bridgehead atoms. The zero-order valence-corrected chi connectivity index (χ0v) is 10.2. The molecule has 18 heavy (non-hydrogen) atoms. The van der Waals surface area contributed by atoms with Crippen LogP contribution in [0.2, 0.25) is 0 Å². The highest BCUT2D eigenvalue weighted by molar-refractivity contribution is 9.10. The highest BCUT2D eigenvalue weighted by Gasteiger charge is 2.21. The highest BCUT2D eigenvalue weighted by Crippen LogP contribution is 2.18. The van der Waals surface area contributed by atoms with E-state index in [-0.39, 0.29) is 10.3 Å². The molecule has 0 fully saturated rings. The number of hydrogen-bond acceptors (Lipinski definition) is 5. The Balaban J connectivity index is 2.51. The standard InChI is InChI=1S/C9H5BrN4O4/c10-8-11-9(14(17)18)12-13(8)6-3-1-2-5(4-6)7(15)16/h1-4H,(H,15,16). The number of aromatic nitrogens is 3. The zero-order valence-electron chi connectivity index (χ0n) is 8.65. The smallest absolute Gasteiger partial charge is 0.478 e. The molecule has 0 aliphatic rings. The third-order valence-corrected chi connectivity index (χ3v) is 2.57. The van der Waals surface area contributed by atoms with E-state index in [0.29, 0.717) is 5.69 Å². The summed E-state index contributed by atoms with van der Waals surface area (Å²) in [5.41, 5.74) is 0.417. The van der Waals surface area contributed by atoms with Crippen LogP contribution in [-0.2, 0) is 0 Å². The van der Waals surface area contributed by atoms with Crippen LogP contribution >= 0.6 is 15.9 Å². The third-order valence-electron chi connectivity index (χ3n) is 2.06. The molecule has 2 aromatic rings. The summed E-state index contributed by atoms with van der Waals surface area (Å²) < 4.78 is 1.27. The second-order valence-electron chi connectivity index (χ2n) is 3.21. The first-order valence-electron chi connectivity index (χ1n) is 4.59. The van der Waals surface area contributed by atoms with Crippen LogP contribution in [0.5, 0.6) is 0 Å². The summed E-state index contributed by atoms with van der Waals surface area (Å²) in [6.45, 7) is 0. The van der Waals surface area contributed by atoms with E-state index in [1.807, 2.05) is 0 Å². The van der Waals surface area contributed by atoms with E-state index >= 15 is 0 Å².